The number of esters is 1. The molecule has 5 heteroatoms. The maximum absolute atomic E-state index is 11.5. The molecule has 0 aromatic rings. The fourth-order valence-corrected chi connectivity index (χ4v) is 2.14. The van der Waals surface area contributed by atoms with Gasteiger partial charge in [-0.2, -0.15) is 0 Å². The van der Waals surface area contributed by atoms with E-state index in [0.717, 1.165) is 19.3 Å². The zero-order valence-electron chi connectivity index (χ0n) is 10.9. The van der Waals surface area contributed by atoms with E-state index in [9.17, 15) is 15.0 Å². The summed E-state index contributed by atoms with van der Waals surface area (Å²) < 4.78 is 10.4. The van der Waals surface area contributed by atoms with Crippen LogP contribution in [-0.4, -0.2) is 46.7 Å². The summed E-state index contributed by atoms with van der Waals surface area (Å²) in [5.41, 5.74) is 0. The number of hydrogen-bond donors (Lipinski definition) is 2. The number of hydrogen-bond acceptors (Lipinski definition) is 5. The van der Waals surface area contributed by atoms with Crippen molar-refractivity contribution in [1.29, 1.82) is 0 Å². The van der Waals surface area contributed by atoms with Crippen molar-refractivity contribution >= 4 is 5.97 Å². The summed E-state index contributed by atoms with van der Waals surface area (Å²) in [6.45, 7) is 1.84. The number of epoxide rings is 1. The molecule has 2 rings (SSSR count). The van der Waals surface area contributed by atoms with Crippen molar-refractivity contribution in [2.75, 3.05) is 0 Å². The highest BCUT2D eigenvalue weighted by Gasteiger charge is 2.47. The zero-order chi connectivity index (χ0) is 13.8. The average molecular weight is 268 g/mol. The van der Waals surface area contributed by atoms with Crippen LogP contribution in [0.5, 0.6) is 0 Å². The lowest BCUT2D eigenvalue weighted by Gasteiger charge is -2.11. The van der Waals surface area contributed by atoms with E-state index in [2.05, 4.69) is 0 Å². The predicted molar refractivity (Wildman–Crippen MR) is 68.4 cm³/mol. The number of cyclic esters (lactones) is 1. The second-order valence-electron chi connectivity index (χ2n) is 5.01. The highest BCUT2D eigenvalue weighted by atomic mass is 16.6. The molecule has 0 bridgehead atoms. The number of carbonyl (C=O) groups is 1. The Morgan fingerprint density at radius 2 is 1.89 bits per heavy atom. The molecule has 0 aromatic heterocycles. The summed E-state index contributed by atoms with van der Waals surface area (Å²) in [6.07, 6.45) is 6.02. The molecule has 19 heavy (non-hydrogen) atoms. The van der Waals surface area contributed by atoms with Crippen LogP contribution in [0.15, 0.2) is 24.3 Å². The highest BCUT2D eigenvalue weighted by Crippen LogP contribution is 2.30. The third kappa shape index (κ3) is 4.16. The van der Waals surface area contributed by atoms with E-state index in [0.29, 0.717) is 0 Å². The van der Waals surface area contributed by atoms with E-state index in [1.807, 2.05) is 13.0 Å². The van der Waals surface area contributed by atoms with Crippen LogP contribution in [0, 0.1) is 0 Å². The highest BCUT2D eigenvalue weighted by molar-refractivity contribution is 5.82. The Morgan fingerprint density at radius 1 is 1.21 bits per heavy atom. The maximum Gasteiger partial charge on any atom is 0.330 e. The minimum absolute atomic E-state index is 0.152. The van der Waals surface area contributed by atoms with E-state index in [-0.39, 0.29) is 6.10 Å². The first-order valence-electron chi connectivity index (χ1n) is 6.65. The van der Waals surface area contributed by atoms with Crippen LogP contribution < -0.4 is 0 Å². The lowest BCUT2D eigenvalue weighted by atomic mass is 10.1. The quantitative estimate of drug-likeness (QED) is 0.384. The van der Waals surface area contributed by atoms with Gasteiger partial charge in [0.05, 0.1) is 6.10 Å². The lowest BCUT2D eigenvalue weighted by Crippen LogP contribution is -2.21. The predicted octanol–water partition coefficient (Wildman–Crippen LogP) is 0.704. The van der Waals surface area contributed by atoms with Crippen molar-refractivity contribution < 1.29 is 24.5 Å². The Bertz CT molecular complexity index is 376. The first kappa shape index (κ1) is 14.2. The molecule has 2 heterocycles. The summed E-state index contributed by atoms with van der Waals surface area (Å²) >= 11 is 0. The van der Waals surface area contributed by atoms with Gasteiger partial charge in [-0.25, -0.2) is 4.79 Å². The van der Waals surface area contributed by atoms with E-state index < -0.39 is 30.4 Å². The van der Waals surface area contributed by atoms with Gasteiger partial charge >= 0.3 is 5.97 Å². The van der Waals surface area contributed by atoms with Crippen LogP contribution >= 0.6 is 0 Å². The van der Waals surface area contributed by atoms with Gasteiger partial charge < -0.3 is 19.7 Å². The van der Waals surface area contributed by atoms with Gasteiger partial charge in [0.25, 0.3) is 0 Å². The van der Waals surface area contributed by atoms with Crippen LogP contribution in [0.4, 0.5) is 0 Å². The smallest absolute Gasteiger partial charge is 0.330 e. The molecular formula is C14H20O5. The van der Waals surface area contributed by atoms with Gasteiger partial charge in [0.15, 0.2) is 0 Å². The first-order valence-corrected chi connectivity index (χ1v) is 6.65. The maximum atomic E-state index is 11.5. The molecule has 0 amide bonds. The lowest BCUT2D eigenvalue weighted by molar-refractivity contribution is -0.142. The normalized spacial score (nSPS) is 43.5. The first-order chi connectivity index (χ1) is 9.08. The van der Waals surface area contributed by atoms with Crippen molar-refractivity contribution in [1.82, 2.24) is 0 Å². The van der Waals surface area contributed by atoms with Crippen molar-refractivity contribution in [3.8, 4) is 0 Å². The summed E-state index contributed by atoms with van der Waals surface area (Å²) in [5.74, 6) is -0.461. The molecule has 1 saturated heterocycles. The molecule has 5 nitrogen and oxygen atoms in total. The van der Waals surface area contributed by atoms with Crippen LogP contribution in [0.25, 0.3) is 0 Å². The molecule has 0 aliphatic carbocycles. The summed E-state index contributed by atoms with van der Waals surface area (Å²) in [4.78, 5) is 11.5. The van der Waals surface area contributed by atoms with Crippen molar-refractivity contribution in [2.45, 2.75) is 56.7 Å². The molecule has 0 spiro atoms. The van der Waals surface area contributed by atoms with E-state index in [1.54, 1.807) is 6.08 Å². The number of rotatable bonds is 0. The Balaban J connectivity index is 2.00. The molecule has 0 saturated carbocycles. The van der Waals surface area contributed by atoms with Gasteiger partial charge in [-0.3, -0.25) is 0 Å². The molecule has 106 valence electrons. The monoisotopic (exact) mass is 268 g/mol. The van der Waals surface area contributed by atoms with Crippen molar-refractivity contribution in [3.05, 3.63) is 24.3 Å². The second kappa shape index (κ2) is 6.32. The number of fused-ring (bicyclic) bond motifs is 1. The number of ether oxygens (including phenoxy) is 2. The Morgan fingerprint density at radius 3 is 2.63 bits per heavy atom. The third-order valence-corrected chi connectivity index (χ3v) is 3.30. The molecule has 5 atom stereocenters. The Labute approximate surface area is 112 Å². The molecule has 0 aromatic carbocycles. The fraction of sp³-hybridized carbons (Fsp3) is 0.643. The summed E-state index contributed by atoms with van der Waals surface area (Å²) in [5, 5.41) is 19.6. The Hall–Kier alpha value is -1.17. The van der Waals surface area contributed by atoms with Crippen molar-refractivity contribution in [3.63, 3.8) is 0 Å². The molecule has 1 fully saturated rings. The van der Waals surface area contributed by atoms with Crippen molar-refractivity contribution in [2.24, 2.45) is 0 Å². The van der Waals surface area contributed by atoms with Crippen LogP contribution in [0.1, 0.15) is 26.2 Å². The minimum atomic E-state index is -0.904. The van der Waals surface area contributed by atoms with Gasteiger partial charge in [-0.15, -0.1) is 0 Å². The SMILES string of the molecule is C[C@H]1CCC/C=C/[C@@H](O)[C@H]2O[C@H]2[C@@H](O)/C=C/C(=O)O1. The standard InChI is InChI=1S/C14H20O5/c1-9-5-3-2-4-6-10(15)13-14(19-13)11(16)7-8-12(17)18-9/h4,6-11,13-16H,2-3,5H2,1H3/b6-4+,8-7+/t9-,10+,11-,13+,14-/m0/s1. The van der Waals surface area contributed by atoms with E-state index in [4.69, 9.17) is 9.47 Å². The minimum Gasteiger partial charge on any atom is -0.460 e. The molecule has 0 radical (unpaired) electrons. The number of allylic oxidation sites excluding steroid dienone is 1. The van der Waals surface area contributed by atoms with Gasteiger partial charge in [0.2, 0.25) is 0 Å². The van der Waals surface area contributed by atoms with E-state index >= 15 is 0 Å². The summed E-state index contributed by atoms with van der Waals surface area (Å²) in [6, 6.07) is 0. The molecule has 2 N–H and O–H groups in total. The van der Waals surface area contributed by atoms with Gasteiger partial charge in [0, 0.05) is 6.08 Å². The van der Waals surface area contributed by atoms with Crippen LogP contribution in [-0.2, 0) is 14.3 Å². The molecule has 0 unspecified atom stereocenters. The largest absolute Gasteiger partial charge is 0.460 e. The molecule has 2 aliphatic heterocycles. The van der Waals surface area contributed by atoms with Gasteiger partial charge in [0.1, 0.15) is 24.4 Å². The summed E-state index contributed by atoms with van der Waals surface area (Å²) in [7, 11) is 0. The number of aliphatic hydroxyl groups excluding tert-OH is 2. The van der Waals surface area contributed by atoms with Gasteiger partial charge in [-0.05, 0) is 32.3 Å². The van der Waals surface area contributed by atoms with Crippen LogP contribution in [0.3, 0.4) is 0 Å². The zero-order valence-corrected chi connectivity index (χ0v) is 10.9. The topological polar surface area (TPSA) is 79.3 Å². The number of aliphatic hydroxyl groups is 2. The van der Waals surface area contributed by atoms with Crippen LogP contribution in [0.2, 0.25) is 0 Å². The molecular weight excluding hydrogens is 248 g/mol. The Kier molecular flexibility index (Phi) is 4.74. The fourth-order valence-electron chi connectivity index (χ4n) is 2.14. The third-order valence-electron chi connectivity index (χ3n) is 3.30. The number of carbonyl (C=O) groups excluding carboxylic acids is 1. The average Bonchev–Trinajstić information content (AvgIpc) is 3.14. The van der Waals surface area contributed by atoms with Gasteiger partial charge in [-0.1, -0.05) is 12.2 Å². The molecule has 2 aliphatic rings. The second-order valence-corrected chi connectivity index (χ2v) is 5.01. The van der Waals surface area contributed by atoms with E-state index in [1.165, 1.54) is 12.2 Å².